The van der Waals surface area contributed by atoms with E-state index in [-0.39, 0.29) is 5.91 Å². The van der Waals surface area contributed by atoms with Crippen molar-refractivity contribution in [1.82, 2.24) is 9.80 Å². The molecule has 2 aliphatic rings. The Labute approximate surface area is 148 Å². The fourth-order valence-corrected chi connectivity index (χ4v) is 3.98. The van der Waals surface area contributed by atoms with Gasteiger partial charge in [0, 0.05) is 24.7 Å². The number of para-hydroxylation sites is 1. The van der Waals surface area contributed by atoms with Crippen LogP contribution in [0.1, 0.15) is 28.3 Å². The minimum Gasteiger partial charge on any atom is -0.486 e. The second-order valence-corrected chi connectivity index (χ2v) is 7.13. The normalized spacial score (nSPS) is 23.0. The van der Waals surface area contributed by atoms with Gasteiger partial charge in [-0.25, -0.2) is 0 Å². The number of hydrogen-bond acceptors (Lipinski definition) is 4. The van der Waals surface area contributed by atoms with Crippen molar-refractivity contribution in [1.29, 1.82) is 0 Å². The van der Waals surface area contributed by atoms with Gasteiger partial charge >= 0.3 is 0 Å². The molecule has 5 heteroatoms. The summed E-state index contributed by atoms with van der Waals surface area (Å²) in [5.41, 5.74) is 0.877. The molecule has 2 saturated heterocycles. The largest absolute Gasteiger partial charge is 0.486 e. The molecule has 132 valence electrons. The molecule has 25 heavy (non-hydrogen) atoms. The SMILES string of the molecule is Cc1cc(COc2ccccc2)oc1C(=O)N1C[C@@H]2CCN(C)[C@@H]2C1. The molecular weight excluding hydrogens is 316 g/mol. The van der Waals surface area contributed by atoms with Crippen molar-refractivity contribution in [2.75, 3.05) is 26.7 Å². The lowest BCUT2D eigenvalue weighted by molar-refractivity contribution is 0.0738. The number of hydrogen-bond donors (Lipinski definition) is 0. The molecule has 5 nitrogen and oxygen atoms in total. The van der Waals surface area contributed by atoms with E-state index in [4.69, 9.17) is 9.15 Å². The van der Waals surface area contributed by atoms with E-state index in [1.54, 1.807) is 0 Å². The first-order valence-electron chi connectivity index (χ1n) is 8.88. The predicted octanol–water partition coefficient (Wildman–Crippen LogP) is 2.94. The number of carbonyl (C=O) groups is 1. The third-order valence-electron chi connectivity index (χ3n) is 5.40. The number of likely N-dealkylation sites (tertiary alicyclic amines) is 2. The van der Waals surface area contributed by atoms with Crippen LogP contribution in [-0.4, -0.2) is 48.4 Å². The van der Waals surface area contributed by atoms with Crippen LogP contribution in [0.15, 0.2) is 40.8 Å². The molecule has 3 heterocycles. The Morgan fingerprint density at radius 1 is 1.28 bits per heavy atom. The minimum atomic E-state index is 0.00580. The van der Waals surface area contributed by atoms with Crippen LogP contribution in [0.4, 0.5) is 0 Å². The highest BCUT2D eigenvalue weighted by atomic mass is 16.5. The van der Waals surface area contributed by atoms with Crippen molar-refractivity contribution in [2.24, 2.45) is 5.92 Å². The minimum absolute atomic E-state index is 0.00580. The summed E-state index contributed by atoms with van der Waals surface area (Å²) in [5, 5.41) is 0. The Bertz CT molecular complexity index is 756. The van der Waals surface area contributed by atoms with Gasteiger partial charge in [0.05, 0.1) is 0 Å². The third-order valence-corrected chi connectivity index (χ3v) is 5.40. The zero-order valence-electron chi connectivity index (χ0n) is 14.8. The maximum atomic E-state index is 12.9. The second kappa shape index (κ2) is 6.56. The van der Waals surface area contributed by atoms with Crippen LogP contribution >= 0.6 is 0 Å². The van der Waals surface area contributed by atoms with Gasteiger partial charge in [0.2, 0.25) is 0 Å². The first-order chi connectivity index (χ1) is 12.1. The number of ether oxygens (including phenoxy) is 1. The smallest absolute Gasteiger partial charge is 0.289 e. The average molecular weight is 340 g/mol. The van der Waals surface area contributed by atoms with Crippen molar-refractivity contribution in [3.63, 3.8) is 0 Å². The van der Waals surface area contributed by atoms with Crippen LogP contribution in [0.5, 0.6) is 5.75 Å². The van der Waals surface area contributed by atoms with Crippen molar-refractivity contribution in [3.05, 3.63) is 53.5 Å². The van der Waals surface area contributed by atoms with E-state index < -0.39 is 0 Å². The van der Waals surface area contributed by atoms with Gasteiger partial charge in [-0.15, -0.1) is 0 Å². The predicted molar refractivity (Wildman–Crippen MR) is 94.6 cm³/mol. The molecule has 2 atom stereocenters. The Balaban J connectivity index is 1.42. The van der Waals surface area contributed by atoms with Crippen LogP contribution in [0.2, 0.25) is 0 Å². The second-order valence-electron chi connectivity index (χ2n) is 7.13. The molecular formula is C20H24N2O3. The summed E-state index contributed by atoms with van der Waals surface area (Å²) in [5.74, 6) is 2.53. The maximum absolute atomic E-state index is 12.9. The Morgan fingerprint density at radius 3 is 2.84 bits per heavy atom. The molecule has 0 radical (unpaired) electrons. The van der Waals surface area contributed by atoms with E-state index in [0.717, 1.165) is 30.9 Å². The molecule has 2 fully saturated rings. The van der Waals surface area contributed by atoms with Gasteiger partial charge in [-0.2, -0.15) is 0 Å². The van der Waals surface area contributed by atoms with Crippen LogP contribution in [0, 0.1) is 12.8 Å². The first-order valence-corrected chi connectivity index (χ1v) is 8.88. The first kappa shape index (κ1) is 16.2. The topological polar surface area (TPSA) is 45.9 Å². The van der Waals surface area contributed by atoms with Crippen LogP contribution in [-0.2, 0) is 6.61 Å². The summed E-state index contributed by atoms with van der Waals surface area (Å²) in [7, 11) is 2.15. The van der Waals surface area contributed by atoms with Gasteiger partial charge in [0.15, 0.2) is 5.76 Å². The van der Waals surface area contributed by atoms with Crippen molar-refractivity contribution in [2.45, 2.75) is 26.0 Å². The molecule has 2 aliphatic heterocycles. The van der Waals surface area contributed by atoms with E-state index in [2.05, 4.69) is 11.9 Å². The summed E-state index contributed by atoms with van der Waals surface area (Å²) < 4.78 is 11.5. The van der Waals surface area contributed by atoms with Gasteiger partial charge in [-0.05, 0) is 51.1 Å². The maximum Gasteiger partial charge on any atom is 0.289 e. The third kappa shape index (κ3) is 3.16. The zero-order chi connectivity index (χ0) is 17.4. The molecule has 0 bridgehead atoms. The highest BCUT2D eigenvalue weighted by Crippen LogP contribution is 2.31. The Hall–Kier alpha value is -2.27. The highest BCUT2D eigenvalue weighted by molar-refractivity contribution is 5.93. The summed E-state index contributed by atoms with van der Waals surface area (Å²) in [6.45, 7) is 5.02. The van der Waals surface area contributed by atoms with Crippen LogP contribution < -0.4 is 4.74 Å². The molecule has 0 saturated carbocycles. The van der Waals surface area contributed by atoms with Crippen molar-refractivity contribution in [3.8, 4) is 5.75 Å². The van der Waals surface area contributed by atoms with Gasteiger partial charge in [-0.3, -0.25) is 4.79 Å². The summed E-state index contributed by atoms with van der Waals surface area (Å²) in [4.78, 5) is 17.2. The average Bonchev–Trinajstić information content (AvgIpc) is 3.30. The highest BCUT2D eigenvalue weighted by Gasteiger charge is 2.42. The van der Waals surface area contributed by atoms with E-state index in [1.165, 1.54) is 6.42 Å². The zero-order valence-corrected chi connectivity index (χ0v) is 14.8. The number of benzene rings is 1. The van der Waals surface area contributed by atoms with Crippen molar-refractivity contribution >= 4 is 5.91 Å². The Morgan fingerprint density at radius 2 is 2.08 bits per heavy atom. The van der Waals surface area contributed by atoms with Gasteiger partial charge in [0.1, 0.15) is 18.1 Å². The molecule has 2 aromatic rings. The lowest BCUT2D eigenvalue weighted by atomic mass is 10.1. The Kier molecular flexibility index (Phi) is 4.25. The lowest BCUT2D eigenvalue weighted by Crippen LogP contribution is -2.35. The molecule has 1 aromatic carbocycles. The fraction of sp³-hybridized carbons (Fsp3) is 0.450. The van der Waals surface area contributed by atoms with E-state index in [0.29, 0.717) is 30.1 Å². The van der Waals surface area contributed by atoms with E-state index >= 15 is 0 Å². The number of nitrogens with zero attached hydrogens (tertiary/aromatic N) is 2. The molecule has 4 rings (SSSR count). The molecule has 1 amide bonds. The summed E-state index contributed by atoms with van der Waals surface area (Å²) in [6, 6.07) is 12.0. The number of furan rings is 1. The van der Waals surface area contributed by atoms with E-state index in [1.807, 2.05) is 48.2 Å². The number of rotatable bonds is 4. The summed E-state index contributed by atoms with van der Waals surface area (Å²) in [6.07, 6.45) is 1.18. The number of fused-ring (bicyclic) bond motifs is 1. The number of amides is 1. The molecule has 0 spiro atoms. The van der Waals surface area contributed by atoms with Crippen LogP contribution in [0.25, 0.3) is 0 Å². The molecule has 0 aliphatic carbocycles. The van der Waals surface area contributed by atoms with Gasteiger partial charge < -0.3 is 19.0 Å². The standard InChI is InChI=1S/C20H24N2O3/c1-14-10-17(13-24-16-6-4-3-5-7-16)25-19(14)20(23)22-11-15-8-9-21(2)18(15)12-22/h3-7,10,15,18H,8-9,11-13H2,1-2H3/t15-,18+/m0/s1. The molecule has 0 unspecified atom stereocenters. The summed E-state index contributed by atoms with van der Waals surface area (Å²) >= 11 is 0. The monoisotopic (exact) mass is 340 g/mol. The quantitative estimate of drug-likeness (QED) is 0.858. The van der Waals surface area contributed by atoms with Gasteiger partial charge in [0.25, 0.3) is 5.91 Å². The number of aryl methyl sites for hydroxylation is 1. The molecule has 0 N–H and O–H groups in total. The molecule has 1 aromatic heterocycles. The van der Waals surface area contributed by atoms with E-state index in [9.17, 15) is 4.79 Å². The lowest BCUT2D eigenvalue weighted by Gasteiger charge is -2.20. The fourth-order valence-electron chi connectivity index (χ4n) is 3.98. The number of carbonyl (C=O) groups excluding carboxylic acids is 1. The van der Waals surface area contributed by atoms with Gasteiger partial charge in [-0.1, -0.05) is 18.2 Å². The van der Waals surface area contributed by atoms with Crippen LogP contribution in [0.3, 0.4) is 0 Å². The van der Waals surface area contributed by atoms with Crippen molar-refractivity contribution < 1.29 is 13.9 Å². The number of likely N-dealkylation sites (N-methyl/N-ethyl adjacent to an activating group) is 1.